The minimum Gasteiger partial charge on any atom is -0.309 e. The molecule has 0 saturated heterocycles. The summed E-state index contributed by atoms with van der Waals surface area (Å²) in [5.41, 5.74) is 3.08. The molecule has 31 heavy (non-hydrogen) atoms. The van der Waals surface area contributed by atoms with Gasteiger partial charge in [0, 0.05) is 15.3 Å². The highest BCUT2D eigenvalue weighted by atomic mass is 32.2. The van der Waals surface area contributed by atoms with Crippen LogP contribution in [0.5, 0.6) is 0 Å². The standard InChI is InChI=1S/C21H18N6OS3/c1-12-5-7-14(8-6-12)17-13(2)31-20-18(17)19(28)22-16(23-20)11-30-21-24-25-26-27(21)10-15-4-3-9-29-15/h3-9H,10-11H2,1-2H3,(H,22,23,28). The summed E-state index contributed by atoms with van der Waals surface area (Å²) >= 11 is 4.68. The number of nitrogens with zero attached hydrogens (tertiary/aromatic N) is 5. The van der Waals surface area contributed by atoms with E-state index in [1.807, 2.05) is 18.4 Å². The highest BCUT2D eigenvalue weighted by Gasteiger charge is 2.17. The predicted molar refractivity (Wildman–Crippen MR) is 126 cm³/mol. The van der Waals surface area contributed by atoms with E-state index < -0.39 is 0 Å². The first kappa shape index (κ1) is 20.1. The molecule has 0 radical (unpaired) electrons. The third-order valence-electron chi connectivity index (χ3n) is 4.85. The van der Waals surface area contributed by atoms with Crippen molar-refractivity contribution in [2.75, 3.05) is 0 Å². The number of thiophene rings is 2. The number of aryl methyl sites for hydroxylation is 2. The van der Waals surface area contributed by atoms with E-state index in [1.54, 1.807) is 27.4 Å². The molecule has 4 heterocycles. The van der Waals surface area contributed by atoms with Crippen molar-refractivity contribution >= 4 is 44.7 Å². The SMILES string of the molecule is Cc1ccc(-c2c(C)sc3nc(CSc4nnnn4Cc4cccs4)[nH]c(=O)c23)cc1. The normalized spacial score (nSPS) is 11.4. The molecular formula is C21H18N6OS3. The molecule has 0 spiro atoms. The monoisotopic (exact) mass is 466 g/mol. The zero-order chi connectivity index (χ0) is 21.4. The van der Waals surface area contributed by atoms with Crippen LogP contribution < -0.4 is 5.56 Å². The number of tetrazole rings is 1. The van der Waals surface area contributed by atoms with Gasteiger partial charge in [0.05, 0.1) is 17.7 Å². The molecule has 0 amide bonds. The Morgan fingerprint density at radius 2 is 2.00 bits per heavy atom. The maximum absolute atomic E-state index is 13.0. The van der Waals surface area contributed by atoms with Crippen LogP contribution in [0.1, 0.15) is 21.1 Å². The first-order valence-corrected chi connectivity index (χ1v) is 12.3. The Balaban J connectivity index is 1.42. The van der Waals surface area contributed by atoms with E-state index in [4.69, 9.17) is 4.98 Å². The Morgan fingerprint density at radius 3 is 2.77 bits per heavy atom. The van der Waals surface area contributed by atoms with E-state index in [-0.39, 0.29) is 5.56 Å². The Hall–Kier alpha value is -2.82. The Labute approximate surface area is 190 Å². The smallest absolute Gasteiger partial charge is 0.260 e. The van der Waals surface area contributed by atoms with Gasteiger partial charge in [-0.05, 0) is 41.3 Å². The maximum Gasteiger partial charge on any atom is 0.260 e. The van der Waals surface area contributed by atoms with Crippen LogP contribution in [0.25, 0.3) is 21.3 Å². The van der Waals surface area contributed by atoms with Gasteiger partial charge in [-0.3, -0.25) is 4.79 Å². The number of aromatic nitrogens is 6. The fourth-order valence-corrected chi connectivity index (χ4v) is 5.88. The number of aromatic amines is 1. The molecule has 0 atom stereocenters. The van der Waals surface area contributed by atoms with Gasteiger partial charge in [-0.15, -0.1) is 27.8 Å². The van der Waals surface area contributed by atoms with Gasteiger partial charge < -0.3 is 4.98 Å². The van der Waals surface area contributed by atoms with Crippen LogP contribution in [0.4, 0.5) is 0 Å². The fourth-order valence-electron chi connectivity index (χ4n) is 3.38. The largest absolute Gasteiger partial charge is 0.309 e. The molecule has 1 aromatic carbocycles. The van der Waals surface area contributed by atoms with Crippen molar-refractivity contribution in [1.29, 1.82) is 0 Å². The van der Waals surface area contributed by atoms with Gasteiger partial charge in [0.25, 0.3) is 5.56 Å². The molecule has 5 rings (SSSR count). The molecule has 0 unspecified atom stereocenters. The van der Waals surface area contributed by atoms with Crippen molar-refractivity contribution in [2.45, 2.75) is 31.3 Å². The summed E-state index contributed by atoms with van der Waals surface area (Å²) in [6.45, 7) is 4.71. The molecule has 0 fully saturated rings. The van der Waals surface area contributed by atoms with Crippen molar-refractivity contribution in [3.63, 3.8) is 0 Å². The summed E-state index contributed by atoms with van der Waals surface area (Å²) < 4.78 is 1.76. The zero-order valence-electron chi connectivity index (χ0n) is 16.8. The molecular weight excluding hydrogens is 448 g/mol. The first-order valence-electron chi connectivity index (χ1n) is 9.59. The average Bonchev–Trinajstić information content (AvgIpc) is 3.48. The van der Waals surface area contributed by atoms with Crippen LogP contribution in [0, 0.1) is 13.8 Å². The molecule has 156 valence electrons. The number of benzene rings is 1. The van der Waals surface area contributed by atoms with E-state index >= 15 is 0 Å². The molecule has 0 aliphatic rings. The second-order valence-electron chi connectivity index (χ2n) is 7.08. The van der Waals surface area contributed by atoms with Crippen LogP contribution in [-0.2, 0) is 12.3 Å². The van der Waals surface area contributed by atoms with Gasteiger partial charge in [-0.25, -0.2) is 9.67 Å². The molecule has 10 heteroatoms. The van der Waals surface area contributed by atoms with Gasteiger partial charge in [-0.2, -0.15) is 0 Å². The summed E-state index contributed by atoms with van der Waals surface area (Å²) in [5.74, 6) is 1.09. The fraction of sp³-hybridized carbons (Fsp3) is 0.190. The highest BCUT2D eigenvalue weighted by Crippen LogP contribution is 2.35. The van der Waals surface area contributed by atoms with Gasteiger partial charge >= 0.3 is 0 Å². The van der Waals surface area contributed by atoms with Crippen LogP contribution in [-0.4, -0.2) is 30.2 Å². The molecule has 0 saturated carbocycles. The number of thioether (sulfide) groups is 1. The molecule has 0 bridgehead atoms. The molecule has 7 nitrogen and oxygen atoms in total. The second-order valence-corrected chi connectivity index (χ2v) is 10.3. The summed E-state index contributed by atoms with van der Waals surface area (Å²) in [6.07, 6.45) is 0. The average molecular weight is 467 g/mol. The number of H-pyrrole nitrogens is 1. The minimum atomic E-state index is -0.112. The molecule has 5 aromatic rings. The topological polar surface area (TPSA) is 89.3 Å². The van der Waals surface area contributed by atoms with Gasteiger partial charge in [0.2, 0.25) is 5.16 Å². The van der Waals surface area contributed by atoms with Gasteiger partial charge in [-0.1, -0.05) is 47.7 Å². The highest BCUT2D eigenvalue weighted by molar-refractivity contribution is 7.98. The lowest BCUT2D eigenvalue weighted by Gasteiger charge is -2.04. The number of hydrogen-bond donors (Lipinski definition) is 1. The number of hydrogen-bond acceptors (Lipinski definition) is 8. The van der Waals surface area contributed by atoms with E-state index in [1.165, 1.54) is 22.2 Å². The Bertz CT molecular complexity index is 1400. The van der Waals surface area contributed by atoms with Crippen LogP contribution in [0.2, 0.25) is 0 Å². The molecule has 0 aliphatic carbocycles. The van der Waals surface area contributed by atoms with Crippen LogP contribution in [0.15, 0.2) is 51.7 Å². The first-order chi connectivity index (χ1) is 15.1. The third kappa shape index (κ3) is 4.06. The van der Waals surface area contributed by atoms with Crippen molar-refractivity contribution in [1.82, 2.24) is 30.2 Å². The quantitative estimate of drug-likeness (QED) is 0.366. The van der Waals surface area contributed by atoms with Crippen molar-refractivity contribution in [3.05, 3.63) is 73.3 Å². The lowest BCUT2D eigenvalue weighted by Crippen LogP contribution is -2.11. The summed E-state index contributed by atoms with van der Waals surface area (Å²) in [5, 5.41) is 15.4. The summed E-state index contributed by atoms with van der Waals surface area (Å²) in [4.78, 5) is 23.7. The van der Waals surface area contributed by atoms with Crippen molar-refractivity contribution in [3.8, 4) is 11.1 Å². The van der Waals surface area contributed by atoms with E-state index in [2.05, 4.69) is 57.8 Å². The Morgan fingerprint density at radius 1 is 1.16 bits per heavy atom. The second kappa shape index (κ2) is 8.37. The van der Waals surface area contributed by atoms with Gasteiger partial charge in [0.1, 0.15) is 10.7 Å². The van der Waals surface area contributed by atoms with Crippen molar-refractivity contribution < 1.29 is 0 Å². The van der Waals surface area contributed by atoms with Crippen LogP contribution in [0.3, 0.4) is 0 Å². The van der Waals surface area contributed by atoms with Crippen LogP contribution >= 0.6 is 34.4 Å². The predicted octanol–water partition coefficient (Wildman–Crippen LogP) is 4.66. The Kier molecular flexibility index (Phi) is 5.43. The number of fused-ring (bicyclic) bond motifs is 1. The number of nitrogens with one attached hydrogen (secondary N) is 1. The summed E-state index contributed by atoms with van der Waals surface area (Å²) in [7, 11) is 0. The molecule has 1 N–H and O–H groups in total. The van der Waals surface area contributed by atoms with E-state index in [0.29, 0.717) is 28.7 Å². The third-order valence-corrected chi connectivity index (χ3v) is 7.68. The lowest BCUT2D eigenvalue weighted by molar-refractivity contribution is 0.608. The van der Waals surface area contributed by atoms with E-state index in [0.717, 1.165) is 20.8 Å². The van der Waals surface area contributed by atoms with Gasteiger partial charge in [0.15, 0.2) is 0 Å². The minimum absolute atomic E-state index is 0.112. The maximum atomic E-state index is 13.0. The van der Waals surface area contributed by atoms with Crippen molar-refractivity contribution in [2.24, 2.45) is 0 Å². The molecule has 0 aliphatic heterocycles. The lowest BCUT2D eigenvalue weighted by atomic mass is 10.0. The zero-order valence-corrected chi connectivity index (χ0v) is 19.3. The number of rotatable bonds is 6. The summed E-state index contributed by atoms with van der Waals surface area (Å²) in [6, 6.07) is 12.3. The molecule has 4 aromatic heterocycles. The van der Waals surface area contributed by atoms with E-state index in [9.17, 15) is 4.79 Å².